The molecule has 0 aliphatic heterocycles. The average Bonchev–Trinajstić information content (AvgIpc) is 2.44. The van der Waals surface area contributed by atoms with Crippen molar-refractivity contribution in [2.45, 2.75) is 4.90 Å². The smallest absolute Gasteiger partial charge is 0.239 e. The number of anilines is 1. The van der Waals surface area contributed by atoms with Gasteiger partial charge in [0.05, 0.1) is 13.2 Å². The van der Waals surface area contributed by atoms with Crippen LogP contribution in [0.1, 0.15) is 5.56 Å². The minimum absolute atomic E-state index is 0.106. The summed E-state index contributed by atoms with van der Waals surface area (Å²) in [5.74, 6) is -0.106. The summed E-state index contributed by atoms with van der Waals surface area (Å²) in [6.45, 7) is 1.15. The Bertz CT molecular complexity index is 481. The number of benzene rings is 1. The van der Waals surface area contributed by atoms with E-state index in [9.17, 15) is 4.79 Å². The summed E-state index contributed by atoms with van der Waals surface area (Å²) in [7, 11) is 1.59. The number of hydrogen-bond acceptors (Lipinski definition) is 5. The molecule has 5 nitrogen and oxygen atoms in total. The van der Waals surface area contributed by atoms with Crippen molar-refractivity contribution in [2.24, 2.45) is 5.73 Å². The Morgan fingerprint density at radius 1 is 1.50 bits per heavy atom. The van der Waals surface area contributed by atoms with Crippen molar-refractivity contribution in [3.63, 3.8) is 0 Å². The molecule has 1 rings (SSSR count). The van der Waals surface area contributed by atoms with E-state index in [1.807, 2.05) is 24.5 Å². The first-order valence-electron chi connectivity index (χ1n) is 6.06. The Morgan fingerprint density at radius 2 is 2.25 bits per heavy atom. The van der Waals surface area contributed by atoms with Crippen LogP contribution in [-0.4, -0.2) is 44.0 Å². The van der Waals surface area contributed by atoms with Gasteiger partial charge in [-0.25, -0.2) is 0 Å². The number of rotatable bonds is 8. The fourth-order valence-electron chi connectivity index (χ4n) is 1.63. The van der Waals surface area contributed by atoms with Crippen LogP contribution in [0.15, 0.2) is 23.1 Å². The molecule has 1 amide bonds. The van der Waals surface area contributed by atoms with E-state index < -0.39 is 0 Å². The predicted molar refractivity (Wildman–Crippen MR) is 87.5 cm³/mol. The molecule has 0 spiro atoms. The van der Waals surface area contributed by atoms with E-state index in [0.29, 0.717) is 18.1 Å². The number of amides is 1. The number of carbonyl (C=O) groups is 1. The van der Waals surface area contributed by atoms with Crippen LogP contribution in [0.2, 0.25) is 0 Å². The standard InChI is InChI=1S/C13H19N3O2S2/c1-18-7-6-15-11(17)8-16-9-4-3-5-10(20-2)12(9)13(14)19/h3-5,16H,6-8H2,1-2H3,(H2,14,19)(H,15,17). The van der Waals surface area contributed by atoms with E-state index in [4.69, 9.17) is 22.7 Å². The van der Waals surface area contributed by atoms with Crippen molar-refractivity contribution in [3.05, 3.63) is 23.8 Å². The number of carbonyl (C=O) groups excluding carboxylic acids is 1. The molecule has 0 saturated carbocycles. The molecule has 7 heteroatoms. The Morgan fingerprint density at radius 3 is 2.85 bits per heavy atom. The molecule has 0 fully saturated rings. The van der Waals surface area contributed by atoms with Gasteiger partial charge in [-0.1, -0.05) is 18.3 Å². The first-order valence-corrected chi connectivity index (χ1v) is 7.69. The third-order valence-electron chi connectivity index (χ3n) is 2.56. The van der Waals surface area contributed by atoms with Gasteiger partial charge in [0.1, 0.15) is 4.99 Å². The lowest BCUT2D eigenvalue weighted by Crippen LogP contribution is -2.32. The Kier molecular flexibility index (Phi) is 7.35. The second-order valence-corrected chi connectivity index (χ2v) is 5.23. The minimum atomic E-state index is -0.106. The number of thiocarbonyl (C=S) groups is 1. The van der Waals surface area contributed by atoms with Gasteiger partial charge in [0.15, 0.2) is 0 Å². The van der Waals surface area contributed by atoms with Gasteiger partial charge in [-0.05, 0) is 18.4 Å². The lowest BCUT2D eigenvalue weighted by molar-refractivity contribution is -0.119. The molecule has 0 radical (unpaired) electrons. The SMILES string of the molecule is COCCNC(=O)CNc1cccc(SC)c1C(N)=S. The van der Waals surface area contributed by atoms with Gasteiger partial charge in [-0.3, -0.25) is 4.79 Å². The molecule has 4 N–H and O–H groups in total. The van der Waals surface area contributed by atoms with Gasteiger partial charge in [0.2, 0.25) is 5.91 Å². The van der Waals surface area contributed by atoms with Crippen LogP contribution in [0.3, 0.4) is 0 Å². The van der Waals surface area contributed by atoms with E-state index in [2.05, 4.69) is 10.6 Å². The maximum Gasteiger partial charge on any atom is 0.239 e. The Balaban J connectivity index is 2.68. The maximum atomic E-state index is 11.6. The van der Waals surface area contributed by atoms with E-state index >= 15 is 0 Å². The molecule has 0 aromatic heterocycles. The van der Waals surface area contributed by atoms with Crippen molar-refractivity contribution >= 4 is 40.6 Å². The van der Waals surface area contributed by atoms with Crippen LogP contribution in [0.5, 0.6) is 0 Å². The first kappa shape index (κ1) is 16.7. The van der Waals surface area contributed by atoms with Gasteiger partial charge >= 0.3 is 0 Å². The van der Waals surface area contributed by atoms with Gasteiger partial charge in [-0.15, -0.1) is 11.8 Å². The molecule has 110 valence electrons. The molecular weight excluding hydrogens is 294 g/mol. The van der Waals surface area contributed by atoms with Gasteiger partial charge in [0.25, 0.3) is 0 Å². The van der Waals surface area contributed by atoms with E-state index in [1.165, 1.54) is 0 Å². The average molecular weight is 313 g/mol. The van der Waals surface area contributed by atoms with Gasteiger partial charge in [0, 0.05) is 29.8 Å². The number of hydrogen-bond donors (Lipinski definition) is 3. The normalized spacial score (nSPS) is 10.1. The molecule has 0 aliphatic carbocycles. The minimum Gasteiger partial charge on any atom is -0.389 e. The quantitative estimate of drug-likeness (QED) is 0.380. The largest absolute Gasteiger partial charge is 0.389 e. The molecule has 1 aromatic rings. The summed E-state index contributed by atoms with van der Waals surface area (Å²) in [4.78, 5) is 12.9. The Labute approximate surface area is 128 Å². The topological polar surface area (TPSA) is 76.4 Å². The van der Waals surface area contributed by atoms with Crippen LogP contribution in [0, 0.1) is 0 Å². The van der Waals surface area contributed by atoms with E-state index in [1.54, 1.807) is 18.9 Å². The summed E-state index contributed by atoms with van der Waals surface area (Å²) < 4.78 is 4.86. The number of methoxy groups -OCH3 is 1. The zero-order valence-electron chi connectivity index (χ0n) is 11.6. The van der Waals surface area contributed by atoms with E-state index in [-0.39, 0.29) is 12.5 Å². The summed E-state index contributed by atoms with van der Waals surface area (Å²) in [6, 6.07) is 5.71. The predicted octanol–water partition coefficient (Wildman–Crippen LogP) is 1.22. The van der Waals surface area contributed by atoms with Crippen LogP contribution in [0.4, 0.5) is 5.69 Å². The molecule has 0 saturated heterocycles. The van der Waals surface area contributed by atoms with Crippen molar-refractivity contribution in [2.75, 3.05) is 38.4 Å². The van der Waals surface area contributed by atoms with E-state index in [0.717, 1.165) is 16.1 Å². The zero-order valence-corrected chi connectivity index (χ0v) is 13.2. The number of thioether (sulfide) groups is 1. The van der Waals surface area contributed by atoms with Crippen molar-refractivity contribution < 1.29 is 9.53 Å². The lowest BCUT2D eigenvalue weighted by Gasteiger charge is -2.14. The summed E-state index contributed by atoms with van der Waals surface area (Å²) in [6.07, 6.45) is 1.96. The highest BCUT2D eigenvalue weighted by Crippen LogP contribution is 2.26. The molecule has 0 heterocycles. The fraction of sp³-hybridized carbons (Fsp3) is 0.385. The second-order valence-electron chi connectivity index (χ2n) is 3.94. The third kappa shape index (κ3) is 4.99. The molecule has 0 bridgehead atoms. The highest BCUT2D eigenvalue weighted by Gasteiger charge is 2.11. The summed E-state index contributed by atoms with van der Waals surface area (Å²) >= 11 is 6.64. The van der Waals surface area contributed by atoms with Gasteiger partial charge in [-0.2, -0.15) is 0 Å². The third-order valence-corrected chi connectivity index (χ3v) is 3.54. The van der Waals surface area contributed by atoms with Gasteiger partial charge < -0.3 is 21.1 Å². The maximum absolute atomic E-state index is 11.6. The van der Waals surface area contributed by atoms with Crippen LogP contribution in [-0.2, 0) is 9.53 Å². The summed E-state index contributed by atoms with van der Waals surface area (Å²) in [5.41, 5.74) is 7.30. The van der Waals surface area contributed by atoms with Crippen molar-refractivity contribution in [1.29, 1.82) is 0 Å². The number of ether oxygens (including phenoxy) is 1. The molecular formula is C13H19N3O2S2. The van der Waals surface area contributed by atoms with Crippen LogP contribution >= 0.6 is 24.0 Å². The summed E-state index contributed by atoms with van der Waals surface area (Å²) in [5, 5.41) is 5.80. The zero-order chi connectivity index (χ0) is 15.0. The monoisotopic (exact) mass is 313 g/mol. The number of nitrogens with two attached hydrogens (primary N) is 1. The fourth-order valence-corrected chi connectivity index (χ4v) is 2.56. The highest BCUT2D eigenvalue weighted by atomic mass is 32.2. The first-order chi connectivity index (χ1) is 9.60. The number of nitrogens with one attached hydrogen (secondary N) is 2. The van der Waals surface area contributed by atoms with Crippen molar-refractivity contribution in [3.8, 4) is 0 Å². The molecule has 20 heavy (non-hydrogen) atoms. The highest BCUT2D eigenvalue weighted by molar-refractivity contribution is 7.98. The second kappa shape index (κ2) is 8.78. The molecule has 0 aliphatic rings. The van der Waals surface area contributed by atoms with Crippen LogP contribution in [0.25, 0.3) is 0 Å². The Hall–Kier alpha value is -1.31. The lowest BCUT2D eigenvalue weighted by atomic mass is 10.1. The molecule has 0 atom stereocenters. The van der Waals surface area contributed by atoms with Crippen molar-refractivity contribution in [1.82, 2.24) is 5.32 Å². The molecule has 0 unspecified atom stereocenters. The van der Waals surface area contributed by atoms with Crippen LogP contribution < -0.4 is 16.4 Å². The molecule has 1 aromatic carbocycles.